The molecule has 2 rings (SSSR count). The highest BCUT2D eigenvalue weighted by atomic mass is 16.7. The maximum Gasteiger partial charge on any atom is 0.174 e. The minimum Gasteiger partial charge on any atom is -0.398 e. The Labute approximate surface area is 102 Å². The second kappa shape index (κ2) is 5.38. The van der Waals surface area contributed by atoms with Crippen LogP contribution in [0.3, 0.4) is 0 Å². The van der Waals surface area contributed by atoms with E-state index in [0.717, 1.165) is 31.6 Å². The summed E-state index contributed by atoms with van der Waals surface area (Å²) in [6.45, 7) is 1.77. The van der Waals surface area contributed by atoms with Crippen LogP contribution in [0.1, 0.15) is 12.0 Å². The van der Waals surface area contributed by atoms with Gasteiger partial charge in [0.1, 0.15) is 0 Å². The number of methoxy groups -OCH3 is 2. The molecule has 17 heavy (non-hydrogen) atoms. The number of fused-ring (bicyclic) bond motifs is 1. The molecule has 1 aromatic rings. The van der Waals surface area contributed by atoms with Crippen LogP contribution in [0.2, 0.25) is 0 Å². The highest BCUT2D eigenvalue weighted by Crippen LogP contribution is 2.31. The Morgan fingerprint density at radius 3 is 2.82 bits per heavy atom. The lowest BCUT2D eigenvalue weighted by molar-refractivity contribution is -0.0950. The highest BCUT2D eigenvalue weighted by Gasteiger charge is 2.21. The van der Waals surface area contributed by atoms with Crippen LogP contribution in [0.25, 0.3) is 0 Å². The van der Waals surface area contributed by atoms with E-state index in [1.54, 1.807) is 14.2 Å². The summed E-state index contributed by atoms with van der Waals surface area (Å²) in [5.41, 5.74) is 9.37. The topological polar surface area (TPSA) is 47.7 Å². The molecule has 0 saturated heterocycles. The van der Waals surface area contributed by atoms with Crippen LogP contribution in [-0.2, 0) is 15.9 Å². The van der Waals surface area contributed by atoms with Gasteiger partial charge in [-0.2, -0.15) is 0 Å². The van der Waals surface area contributed by atoms with Crippen LogP contribution in [0.4, 0.5) is 11.4 Å². The van der Waals surface area contributed by atoms with Gasteiger partial charge in [-0.25, -0.2) is 0 Å². The van der Waals surface area contributed by atoms with Gasteiger partial charge in [0.2, 0.25) is 0 Å². The number of hydrogen-bond acceptors (Lipinski definition) is 4. The third-order valence-electron chi connectivity index (χ3n) is 3.28. The maximum atomic E-state index is 6.01. The summed E-state index contributed by atoms with van der Waals surface area (Å²) in [6, 6.07) is 6.08. The molecule has 0 bridgehead atoms. The molecule has 0 aromatic heterocycles. The van der Waals surface area contributed by atoms with Crippen molar-refractivity contribution >= 4 is 11.4 Å². The lowest BCUT2D eigenvalue weighted by Gasteiger charge is -2.33. The molecule has 1 aromatic carbocycles. The van der Waals surface area contributed by atoms with E-state index in [9.17, 15) is 0 Å². The number of hydrogen-bond donors (Lipinski definition) is 1. The van der Waals surface area contributed by atoms with Crippen molar-refractivity contribution in [3.05, 3.63) is 23.8 Å². The summed E-state index contributed by atoms with van der Waals surface area (Å²) < 4.78 is 10.5. The molecule has 0 atom stereocenters. The van der Waals surface area contributed by atoms with Gasteiger partial charge in [-0.1, -0.05) is 6.07 Å². The lowest BCUT2D eigenvalue weighted by Crippen LogP contribution is -2.38. The zero-order chi connectivity index (χ0) is 12.3. The van der Waals surface area contributed by atoms with Crippen molar-refractivity contribution in [1.29, 1.82) is 0 Å². The van der Waals surface area contributed by atoms with E-state index in [4.69, 9.17) is 15.2 Å². The maximum absolute atomic E-state index is 6.01. The fourth-order valence-corrected chi connectivity index (χ4v) is 2.34. The fraction of sp³-hybridized carbons (Fsp3) is 0.538. The minimum absolute atomic E-state index is 0.192. The Bertz CT molecular complexity index is 378. The fourth-order valence-electron chi connectivity index (χ4n) is 2.34. The molecule has 0 saturated carbocycles. The van der Waals surface area contributed by atoms with Crippen molar-refractivity contribution in [2.45, 2.75) is 19.1 Å². The van der Waals surface area contributed by atoms with Gasteiger partial charge in [0, 0.05) is 32.1 Å². The average Bonchev–Trinajstić information content (AvgIpc) is 2.37. The van der Waals surface area contributed by atoms with Gasteiger partial charge in [-0.05, 0) is 30.5 Å². The molecule has 1 heterocycles. The van der Waals surface area contributed by atoms with Crippen molar-refractivity contribution in [2.24, 2.45) is 0 Å². The SMILES string of the molecule is COC(CN1CCCc2c(N)cccc21)OC. The molecule has 0 fully saturated rings. The first-order valence-electron chi connectivity index (χ1n) is 5.94. The molecule has 4 nitrogen and oxygen atoms in total. The van der Waals surface area contributed by atoms with Crippen LogP contribution in [0, 0.1) is 0 Å². The van der Waals surface area contributed by atoms with Crippen LogP contribution in [0.15, 0.2) is 18.2 Å². The second-order valence-corrected chi connectivity index (χ2v) is 4.30. The molecule has 1 aliphatic heterocycles. The standard InChI is InChI=1S/C13H20N2O2/c1-16-13(17-2)9-15-8-4-5-10-11(14)6-3-7-12(10)15/h3,6-7,13H,4-5,8-9,14H2,1-2H3. The van der Waals surface area contributed by atoms with Gasteiger partial charge >= 0.3 is 0 Å². The Balaban J connectivity index is 2.20. The first kappa shape index (κ1) is 12.2. The number of nitrogens with two attached hydrogens (primary N) is 1. The van der Waals surface area contributed by atoms with Crippen LogP contribution >= 0.6 is 0 Å². The number of nitrogen functional groups attached to an aromatic ring is 1. The summed E-state index contributed by atoms with van der Waals surface area (Å²) in [6.07, 6.45) is 1.99. The predicted molar refractivity (Wildman–Crippen MR) is 69.2 cm³/mol. The molecule has 4 heteroatoms. The van der Waals surface area contributed by atoms with Crippen LogP contribution < -0.4 is 10.6 Å². The first-order valence-corrected chi connectivity index (χ1v) is 5.94. The van der Waals surface area contributed by atoms with Gasteiger partial charge in [0.15, 0.2) is 6.29 Å². The average molecular weight is 236 g/mol. The first-order chi connectivity index (χ1) is 8.26. The third kappa shape index (κ3) is 2.53. The Morgan fingerprint density at radius 2 is 2.12 bits per heavy atom. The van der Waals surface area contributed by atoms with E-state index in [1.165, 1.54) is 11.3 Å². The zero-order valence-electron chi connectivity index (χ0n) is 10.5. The number of nitrogens with zero attached hydrogens (tertiary/aromatic N) is 1. The minimum atomic E-state index is -0.192. The van der Waals surface area contributed by atoms with Crippen molar-refractivity contribution < 1.29 is 9.47 Å². The molecule has 94 valence electrons. The highest BCUT2D eigenvalue weighted by molar-refractivity contribution is 5.66. The molecule has 0 spiro atoms. The Hall–Kier alpha value is -1.26. The second-order valence-electron chi connectivity index (χ2n) is 4.30. The normalized spacial score (nSPS) is 15.1. The van der Waals surface area contributed by atoms with E-state index < -0.39 is 0 Å². The van der Waals surface area contributed by atoms with Crippen LogP contribution in [-0.4, -0.2) is 33.6 Å². The Kier molecular flexibility index (Phi) is 3.86. The zero-order valence-corrected chi connectivity index (χ0v) is 10.5. The third-order valence-corrected chi connectivity index (χ3v) is 3.28. The van der Waals surface area contributed by atoms with Crippen LogP contribution in [0.5, 0.6) is 0 Å². The molecule has 2 N–H and O–H groups in total. The summed E-state index contributed by atoms with van der Waals surface area (Å²) in [5.74, 6) is 0. The van der Waals surface area contributed by atoms with Gasteiger partial charge in [-0.15, -0.1) is 0 Å². The summed E-state index contributed by atoms with van der Waals surface area (Å²) in [7, 11) is 3.33. The number of benzene rings is 1. The smallest absolute Gasteiger partial charge is 0.174 e. The molecular weight excluding hydrogens is 216 g/mol. The molecule has 0 unspecified atom stereocenters. The van der Waals surface area contributed by atoms with Gasteiger partial charge in [0.25, 0.3) is 0 Å². The summed E-state index contributed by atoms with van der Waals surface area (Å²) in [4.78, 5) is 2.28. The molecule has 0 radical (unpaired) electrons. The summed E-state index contributed by atoms with van der Waals surface area (Å²) >= 11 is 0. The quantitative estimate of drug-likeness (QED) is 0.638. The van der Waals surface area contributed by atoms with Crippen molar-refractivity contribution in [3.8, 4) is 0 Å². The molecular formula is C13H20N2O2. The molecule has 1 aliphatic rings. The monoisotopic (exact) mass is 236 g/mol. The largest absolute Gasteiger partial charge is 0.398 e. The van der Waals surface area contributed by atoms with Gasteiger partial charge < -0.3 is 20.1 Å². The van der Waals surface area contributed by atoms with E-state index >= 15 is 0 Å². The van der Waals surface area contributed by atoms with E-state index in [0.29, 0.717) is 0 Å². The van der Waals surface area contributed by atoms with Gasteiger partial charge in [-0.3, -0.25) is 0 Å². The van der Waals surface area contributed by atoms with Crippen molar-refractivity contribution in [2.75, 3.05) is 37.9 Å². The molecule has 0 amide bonds. The van der Waals surface area contributed by atoms with Crippen molar-refractivity contribution in [3.63, 3.8) is 0 Å². The van der Waals surface area contributed by atoms with E-state index in [2.05, 4.69) is 11.0 Å². The van der Waals surface area contributed by atoms with Gasteiger partial charge in [0.05, 0.1) is 6.54 Å². The number of ether oxygens (including phenoxy) is 2. The lowest BCUT2D eigenvalue weighted by atomic mass is 10.00. The Morgan fingerprint density at radius 1 is 1.35 bits per heavy atom. The predicted octanol–water partition coefficient (Wildman–Crippen LogP) is 1.64. The molecule has 0 aliphatic carbocycles. The van der Waals surface area contributed by atoms with Crippen molar-refractivity contribution in [1.82, 2.24) is 0 Å². The number of anilines is 2. The van der Waals surface area contributed by atoms with E-state index in [-0.39, 0.29) is 6.29 Å². The summed E-state index contributed by atoms with van der Waals surface area (Å²) in [5, 5.41) is 0. The number of rotatable bonds is 4. The van der Waals surface area contributed by atoms with E-state index in [1.807, 2.05) is 12.1 Å².